The van der Waals surface area contributed by atoms with Crippen molar-refractivity contribution in [3.8, 4) is 11.3 Å². The molecule has 16 heavy (non-hydrogen) atoms. The van der Waals surface area contributed by atoms with E-state index >= 15 is 0 Å². The molecular formula is C11H10FN3O. The molecule has 82 valence electrons. The molecule has 0 radical (unpaired) electrons. The van der Waals surface area contributed by atoms with Gasteiger partial charge in [0.1, 0.15) is 5.82 Å². The Balaban J connectivity index is 2.65. The van der Waals surface area contributed by atoms with Crippen molar-refractivity contribution < 1.29 is 4.39 Å². The minimum atomic E-state index is -0.392. The van der Waals surface area contributed by atoms with Crippen molar-refractivity contribution in [2.24, 2.45) is 5.73 Å². The number of nitrogens with zero attached hydrogens (tertiary/aromatic N) is 1. The average Bonchev–Trinajstić information content (AvgIpc) is 2.30. The second kappa shape index (κ2) is 4.24. The van der Waals surface area contributed by atoms with Gasteiger partial charge in [-0.15, -0.1) is 0 Å². The smallest absolute Gasteiger partial charge is 0.264 e. The number of aromatic nitrogens is 2. The van der Waals surface area contributed by atoms with Crippen LogP contribution in [0.1, 0.15) is 5.56 Å². The van der Waals surface area contributed by atoms with Crippen molar-refractivity contribution in [1.29, 1.82) is 0 Å². The molecule has 5 heteroatoms. The number of halogens is 1. The summed E-state index contributed by atoms with van der Waals surface area (Å²) < 4.78 is 13.5. The first-order valence-electron chi connectivity index (χ1n) is 4.76. The summed E-state index contributed by atoms with van der Waals surface area (Å²) in [6.45, 7) is 0.139. The Bertz CT molecular complexity index is 565. The molecule has 1 heterocycles. The maximum atomic E-state index is 13.5. The van der Waals surface area contributed by atoms with E-state index in [0.717, 1.165) is 0 Å². The molecule has 0 saturated carbocycles. The van der Waals surface area contributed by atoms with Crippen LogP contribution in [0.2, 0.25) is 0 Å². The fourth-order valence-electron chi connectivity index (χ4n) is 1.48. The summed E-state index contributed by atoms with van der Waals surface area (Å²) >= 11 is 0. The van der Waals surface area contributed by atoms with Gasteiger partial charge >= 0.3 is 0 Å². The van der Waals surface area contributed by atoms with Crippen LogP contribution in [-0.4, -0.2) is 10.2 Å². The summed E-state index contributed by atoms with van der Waals surface area (Å²) in [5.74, 6) is -0.392. The lowest BCUT2D eigenvalue weighted by atomic mass is 10.1. The van der Waals surface area contributed by atoms with Gasteiger partial charge in [0, 0.05) is 18.2 Å². The van der Waals surface area contributed by atoms with Crippen molar-refractivity contribution in [2.45, 2.75) is 6.54 Å². The van der Waals surface area contributed by atoms with Gasteiger partial charge in [-0.1, -0.05) is 12.1 Å². The van der Waals surface area contributed by atoms with Gasteiger partial charge in [-0.3, -0.25) is 4.79 Å². The van der Waals surface area contributed by atoms with Gasteiger partial charge in [0.2, 0.25) is 0 Å². The number of aromatic amines is 1. The van der Waals surface area contributed by atoms with Crippen molar-refractivity contribution in [3.05, 3.63) is 52.1 Å². The topological polar surface area (TPSA) is 71.8 Å². The van der Waals surface area contributed by atoms with E-state index in [1.165, 1.54) is 12.1 Å². The van der Waals surface area contributed by atoms with Crippen LogP contribution in [0, 0.1) is 5.82 Å². The highest BCUT2D eigenvalue weighted by Gasteiger charge is 2.10. The Morgan fingerprint density at radius 1 is 1.38 bits per heavy atom. The first-order chi connectivity index (χ1) is 7.72. The van der Waals surface area contributed by atoms with Crippen molar-refractivity contribution in [3.63, 3.8) is 0 Å². The molecule has 2 aromatic rings. The Hall–Kier alpha value is -2.01. The minimum Gasteiger partial charge on any atom is -0.326 e. The van der Waals surface area contributed by atoms with Gasteiger partial charge in [-0.2, -0.15) is 5.10 Å². The molecule has 3 N–H and O–H groups in total. The summed E-state index contributed by atoms with van der Waals surface area (Å²) in [6, 6.07) is 7.55. The van der Waals surface area contributed by atoms with Crippen LogP contribution < -0.4 is 11.3 Å². The third-order valence-electron chi connectivity index (χ3n) is 2.24. The standard InChI is InChI=1S/C11H10FN3O/c12-9-4-2-1-3-8(9)11-7(6-13)5-10(16)14-15-11/h1-5H,6,13H2,(H,14,16). The molecule has 0 spiro atoms. The molecule has 0 fully saturated rings. The Labute approximate surface area is 90.9 Å². The van der Waals surface area contributed by atoms with Crippen LogP contribution in [0.25, 0.3) is 11.3 Å². The van der Waals surface area contributed by atoms with Gasteiger partial charge < -0.3 is 5.73 Å². The fraction of sp³-hybridized carbons (Fsp3) is 0.0909. The van der Waals surface area contributed by atoms with Crippen LogP contribution in [0.15, 0.2) is 35.1 Å². The lowest BCUT2D eigenvalue weighted by Gasteiger charge is -2.06. The van der Waals surface area contributed by atoms with E-state index in [1.54, 1.807) is 18.2 Å². The van der Waals surface area contributed by atoms with Crippen LogP contribution >= 0.6 is 0 Å². The van der Waals surface area contributed by atoms with E-state index in [-0.39, 0.29) is 12.1 Å². The molecule has 0 unspecified atom stereocenters. The molecule has 4 nitrogen and oxygen atoms in total. The molecule has 0 amide bonds. The minimum absolute atomic E-state index is 0.139. The average molecular weight is 219 g/mol. The number of nitrogens with one attached hydrogen (secondary N) is 1. The number of nitrogens with two attached hydrogens (primary N) is 1. The molecule has 1 aromatic heterocycles. The van der Waals surface area contributed by atoms with Crippen molar-refractivity contribution in [2.75, 3.05) is 0 Å². The van der Waals surface area contributed by atoms with Crippen molar-refractivity contribution in [1.82, 2.24) is 10.2 Å². The van der Waals surface area contributed by atoms with Crippen LogP contribution in [0.3, 0.4) is 0 Å². The zero-order valence-corrected chi connectivity index (χ0v) is 8.40. The summed E-state index contributed by atoms with van der Waals surface area (Å²) in [5, 5.41) is 6.10. The van der Waals surface area contributed by atoms with Crippen LogP contribution in [-0.2, 0) is 6.54 Å². The molecule has 2 rings (SSSR count). The summed E-state index contributed by atoms with van der Waals surface area (Å²) in [6.07, 6.45) is 0. The van der Waals surface area contributed by atoms with Crippen LogP contribution in [0.4, 0.5) is 4.39 Å². The van der Waals surface area contributed by atoms with E-state index < -0.39 is 5.82 Å². The number of H-pyrrole nitrogens is 1. The first-order valence-corrected chi connectivity index (χ1v) is 4.76. The third kappa shape index (κ3) is 1.85. The number of rotatable bonds is 2. The molecular weight excluding hydrogens is 209 g/mol. The molecule has 0 bridgehead atoms. The van der Waals surface area contributed by atoms with E-state index in [2.05, 4.69) is 10.2 Å². The summed E-state index contributed by atoms with van der Waals surface area (Å²) in [5.41, 5.74) is 6.37. The molecule has 1 aromatic carbocycles. The van der Waals surface area contributed by atoms with Crippen LogP contribution in [0.5, 0.6) is 0 Å². The normalized spacial score (nSPS) is 10.4. The fourth-order valence-corrected chi connectivity index (χ4v) is 1.48. The highest BCUT2D eigenvalue weighted by molar-refractivity contribution is 5.62. The second-order valence-corrected chi connectivity index (χ2v) is 3.29. The summed E-state index contributed by atoms with van der Waals surface area (Å²) in [4.78, 5) is 11.1. The lowest BCUT2D eigenvalue weighted by Crippen LogP contribution is -2.13. The molecule has 0 aliphatic rings. The van der Waals surface area contributed by atoms with Gasteiger partial charge in [0.05, 0.1) is 5.69 Å². The zero-order chi connectivity index (χ0) is 11.5. The predicted molar refractivity (Wildman–Crippen MR) is 58.1 cm³/mol. The van der Waals surface area contributed by atoms with Crippen molar-refractivity contribution >= 4 is 0 Å². The number of hydrogen-bond acceptors (Lipinski definition) is 3. The Morgan fingerprint density at radius 2 is 2.12 bits per heavy atom. The number of benzene rings is 1. The molecule has 0 aliphatic heterocycles. The van der Waals surface area contributed by atoms with Gasteiger partial charge in [-0.25, -0.2) is 9.49 Å². The zero-order valence-electron chi connectivity index (χ0n) is 8.40. The molecule has 0 saturated heterocycles. The van der Waals surface area contributed by atoms with E-state index in [4.69, 9.17) is 5.73 Å². The van der Waals surface area contributed by atoms with E-state index in [9.17, 15) is 9.18 Å². The maximum Gasteiger partial charge on any atom is 0.264 e. The monoisotopic (exact) mass is 219 g/mol. The number of hydrogen-bond donors (Lipinski definition) is 2. The molecule has 0 atom stereocenters. The molecule has 0 aliphatic carbocycles. The maximum absolute atomic E-state index is 13.5. The van der Waals surface area contributed by atoms with E-state index in [0.29, 0.717) is 16.8 Å². The predicted octanol–water partition coefficient (Wildman–Crippen LogP) is 1.03. The highest BCUT2D eigenvalue weighted by atomic mass is 19.1. The largest absolute Gasteiger partial charge is 0.326 e. The van der Waals surface area contributed by atoms with Gasteiger partial charge in [0.15, 0.2) is 0 Å². The van der Waals surface area contributed by atoms with Gasteiger partial charge in [0.25, 0.3) is 5.56 Å². The van der Waals surface area contributed by atoms with E-state index in [1.807, 2.05) is 0 Å². The first kappa shape index (κ1) is 10.5. The quantitative estimate of drug-likeness (QED) is 0.792. The summed E-state index contributed by atoms with van der Waals surface area (Å²) in [7, 11) is 0. The highest BCUT2D eigenvalue weighted by Crippen LogP contribution is 2.22. The van der Waals surface area contributed by atoms with Gasteiger partial charge in [-0.05, 0) is 17.7 Å². The third-order valence-corrected chi connectivity index (χ3v) is 2.24. The Morgan fingerprint density at radius 3 is 2.81 bits per heavy atom. The SMILES string of the molecule is NCc1cc(=O)[nH]nc1-c1ccccc1F. The second-order valence-electron chi connectivity index (χ2n) is 3.29. The lowest BCUT2D eigenvalue weighted by molar-refractivity contribution is 0.630. The Kier molecular flexibility index (Phi) is 2.78.